The number of hydrogen-bond donors (Lipinski definition) is 0. The number of fused-ring (bicyclic) bond motifs is 1. The van der Waals surface area contributed by atoms with Gasteiger partial charge in [0.25, 0.3) is 0 Å². The van der Waals surface area contributed by atoms with Crippen LogP contribution in [0.25, 0.3) is 10.9 Å². The number of anilines is 1. The van der Waals surface area contributed by atoms with Gasteiger partial charge in [0.05, 0.1) is 5.52 Å². The van der Waals surface area contributed by atoms with Crippen LogP contribution in [0.5, 0.6) is 0 Å². The average molecular weight is 461 g/mol. The molecule has 1 fully saturated rings. The van der Waals surface area contributed by atoms with Gasteiger partial charge in [0.1, 0.15) is 17.4 Å². The minimum Gasteiger partial charge on any atom is -0.368 e. The largest absolute Gasteiger partial charge is 0.368 e. The number of amides is 1. The Morgan fingerprint density at radius 2 is 1.70 bits per heavy atom. The molecule has 7 heteroatoms. The molecular weight excluding hydrogens is 435 g/mol. The molecule has 168 valence electrons. The zero-order chi connectivity index (χ0) is 22.6. The predicted octanol–water partition coefficient (Wildman–Crippen LogP) is 4.82. The van der Waals surface area contributed by atoms with E-state index >= 15 is 0 Å². The minimum absolute atomic E-state index is 0.137. The second-order valence-electron chi connectivity index (χ2n) is 8.11. The number of carbonyl (C=O) groups is 1. The van der Waals surface area contributed by atoms with Crippen LogP contribution < -0.4 is 4.90 Å². The van der Waals surface area contributed by atoms with Crippen molar-refractivity contribution in [2.45, 2.75) is 17.3 Å². The maximum atomic E-state index is 13.1. The van der Waals surface area contributed by atoms with E-state index in [4.69, 9.17) is 0 Å². The first kappa shape index (κ1) is 21.5. The van der Waals surface area contributed by atoms with Gasteiger partial charge in [-0.15, -0.1) is 11.8 Å². The Morgan fingerprint density at radius 1 is 0.939 bits per heavy atom. The van der Waals surface area contributed by atoms with Gasteiger partial charge in [0.15, 0.2) is 0 Å². The van der Waals surface area contributed by atoms with Crippen LogP contribution in [0.3, 0.4) is 0 Å². The summed E-state index contributed by atoms with van der Waals surface area (Å²) in [6.45, 7) is 3.47. The molecular formula is C26H25FN4OS. The summed E-state index contributed by atoms with van der Waals surface area (Å²) in [6, 6.07) is 20.9. The predicted molar refractivity (Wildman–Crippen MR) is 131 cm³/mol. The van der Waals surface area contributed by atoms with Crippen molar-refractivity contribution >= 4 is 34.3 Å². The highest BCUT2D eigenvalue weighted by atomic mass is 32.2. The standard InChI is InChI=1S/C26H25FN4OS/c27-21-8-6-20(7-9-21)19-33-26-23-11-13-31(24(23)10-12-28-26)18-25(32)30-16-14-29(15-17-30)22-4-2-1-3-5-22/h1-13H,14-19H2. The molecule has 5 nitrogen and oxygen atoms in total. The lowest BCUT2D eigenvalue weighted by Crippen LogP contribution is -2.49. The van der Waals surface area contributed by atoms with E-state index < -0.39 is 0 Å². The van der Waals surface area contributed by atoms with Crippen molar-refractivity contribution in [3.05, 3.63) is 90.5 Å². The number of halogens is 1. The second-order valence-corrected chi connectivity index (χ2v) is 9.08. The van der Waals surface area contributed by atoms with Crippen LogP contribution in [0.15, 0.2) is 84.1 Å². The lowest BCUT2D eigenvalue weighted by Gasteiger charge is -2.36. The first-order chi connectivity index (χ1) is 16.2. The monoisotopic (exact) mass is 460 g/mol. The fourth-order valence-corrected chi connectivity index (χ4v) is 5.14. The van der Waals surface area contributed by atoms with Crippen LogP contribution in [-0.2, 0) is 17.1 Å². The summed E-state index contributed by atoms with van der Waals surface area (Å²) in [6.07, 6.45) is 3.75. The number of benzene rings is 2. The molecule has 0 radical (unpaired) electrons. The molecule has 33 heavy (non-hydrogen) atoms. The highest BCUT2D eigenvalue weighted by Gasteiger charge is 2.22. The lowest BCUT2D eigenvalue weighted by molar-refractivity contribution is -0.132. The average Bonchev–Trinajstić information content (AvgIpc) is 3.27. The number of aromatic nitrogens is 2. The van der Waals surface area contributed by atoms with E-state index in [1.807, 2.05) is 46.0 Å². The molecule has 1 aliphatic heterocycles. The smallest absolute Gasteiger partial charge is 0.242 e. The van der Waals surface area contributed by atoms with Gasteiger partial charge in [-0.2, -0.15) is 0 Å². The SMILES string of the molecule is O=C(Cn1ccc2c(SCc3ccc(F)cc3)nccc21)N1CCN(c2ccccc2)CC1. The molecule has 2 aromatic heterocycles. The van der Waals surface area contributed by atoms with Crippen molar-refractivity contribution in [2.24, 2.45) is 0 Å². The maximum Gasteiger partial charge on any atom is 0.242 e. The summed E-state index contributed by atoms with van der Waals surface area (Å²) >= 11 is 1.62. The van der Waals surface area contributed by atoms with Crippen molar-refractivity contribution in [1.29, 1.82) is 0 Å². The summed E-state index contributed by atoms with van der Waals surface area (Å²) in [5, 5.41) is 1.95. The van der Waals surface area contributed by atoms with E-state index in [0.29, 0.717) is 12.3 Å². The van der Waals surface area contributed by atoms with Gasteiger partial charge < -0.3 is 14.4 Å². The first-order valence-corrected chi connectivity index (χ1v) is 12.0. The number of pyridine rings is 1. The van der Waals surface area contributed by atoms with Gasteiger partial charge >= 0.3 is 0 Å². The molecule has 4 aromatic rings. The van der Waals surface area contributed by atoms with Gasteiger partial charge in [0, 0.05) is 55.4 Å². The second kappa shape index (κ2) is 9.67. The van der Waals surface area contributed by atoms with Crippen molar-refractivity contribution in [2.75, 3.05) is 31.1 Å². The molecule has 0 spiro atoms. The van der Waals surface area contributed by atoms with Gasteiger partial charge in [-0.25, -0.2) is 9.37 Å². The molecule has 0 bridgehead atoms. The number of para-hydroxylation sites is 1. The molecule has 5 rings (SSSR count). The van der Waals surface area contributed by atoms with Gasteiger partial charge in [-0.1, -0.05) is 30.3 Å². The van der Waals surface area contributed by atoms with E-state index in [-0.39, 0.29) is 11.7 Å². The molecule has 1 aliphatic rings. The highest BCUT2D eigenvalue weighted by molar-refractivity contribution is 7.98. The highest BCUT2D eigenvalue weighted by Crippen LogP contribution is 2.29. The van der Waals surface area contributed by atoms with Crippen molar-refractivity contribution in [3.8, 4) is 0 Å². The fourth-order valence-electron chi connectivity index (χ4n) is 4.18. The number of thioether (sulfide) groups is 1. The maximum absolute atomic E-state index is 13.1. The molecule has 0 N–H and O–H groups in total. The normalized spacial score (nSPS) is 14.1. The lowest BCUT2D eigenvalue weighted by atomic mass is 10.2. The Kier molecular flexibility index (Phi) is 6.30. The molecule has 3 heterocycles. The van der Waals surface area contributed by atoms with Gasteiger partial charge in [0.2, 0.25) is 5.91 Å². The summed E-state index contributed by atoms with van der Waals surface area (Å²) in [5.74, 6) is 0.618. The van der Waals surface area contributed by atoms with Crippen LogP contribution in [0.4, 0.5) is 10.1 Å². The Hall–Kier alpha value is -3.32. The Balaban J connectivity index is 1.23. The number of rotatable bonds is 6. The summed E-state index contributed by atoms with van der Waals surface area (Å²) in [7, 11) is 0. The molecule has 0 atom stereocenters. The zero-order valence-corrected chi connectivity index (χ0v) is 19.0. The van der Waals surface area contributed by atoms with E-state index in [1.165, 1.54) is 17.8 Å². The van der Waals surface area contributed by atoms with E-state index in [2.05, 4.69) is 22.0 Å². The molecule has 2 aromatic carbocycles. The van der Waals surface area contributed by atoms with Crippen molar-refractivity contribution < 1.29 is 9.18 Å². The zero-order valence-electron chi connectivity index (χ0n) is 18.2. The summed E-state index contributed by atoms with van der Waals surface area (Å²) in [4.78, 5) is 21.8. The molecule has 0 saturated carbocycles. The van der Waals surface area contributed by atoms with E-state index in [0.717, 1.165) is 47.7 Å². The van der Waals surface area contributed by atoms with Gasteiger partial charge in [-0.05, 0) is 42.0 Å². The van der Waals surface area contributed by atoms with Crippen LogP contribution in [0.1, 0.15) is 5.56 Å². The topological polar surface area (TPSA) is 41.4 Å². The van der Waals surface area contributed by atoms with Crippen LogP contribution >= 0.6 is 11.8 Å². The third-order valence-corrected chi connectivity index (χ3v) is 7.09. The Bertz CT molecular complexity index is 1230. The number of nitrogens with zero attached hydrogens (tertiary/aromatic N) is 4. The third-order valence-electron chi connectivity index (χ3n) is 6.01. The number of carbonyl (C=O) groups excluding carboxylic acids is 1. The van der Waals surface area contributed by atoms with Crippen molar-refractivity contribution in [3.63, 3.8) is 0 Å². The van der Waals surface area contributed by atoms with E-state index in [9.17, 15) is 9.18 Å². The quantitative estimate of drug-likeness (QED) is 0.387. The molecule has 1 amide bonds. The minimum atomic E-state index is -0.229. The van der Waals surface area contributed by atoms with Crippen LogP contribution in [-0.4, -0.2) is 46.5 Å². The van der Waals surface area contributed by atoms with Gasteiger partial charge in [-0.3, -0.25) is 4.79 Å². The van der Waals surface area contributed by atoms with E-state index in [1.54, 1.807) is 30.1 Å². The van der Waals surface area contributed by atoms with Crippen molar-refractivity contribution in [1.82, 2.24) is 14.5 Å². The third kappa shape index (κ3) is 4.88. The molecule has 0 aliphatic carbocycles. The Morgan fingerprint density at radius 3 is 2.45 bits per heavy atom. The molecule has 1 saturated heterocycles. The van der Waals surface area contributed by atoms with Crippen LogP contribution in [0.2, 0.25) is 0 Å². The summed E-state index contributed by atoms with van der Waals surface area (Å²) < 4.78 is 15.1. The number of piperazine rings is 1. The first-order valence-electron chi connectivity index (χ1n) is 11.1. The molecule has 0 unspecified atom stereocenters. The van der Waals surface area contributed by atoms with Crippen LogP contribution in [0, 0.1) is 5.82 Å². The Labute approximate surface area is 196 Å². The fraction of sp³-hybridized carbons (Fsp3) is 0.231. The number of hydrogen-bond acceptors (Lipinski definition) is 4. The summed E-state index contributed by atoms with van der Waals surface area (Å²) in [5.41, 5.74) is 3.26.